The predicted octanol–water partition coefficient (Wildman–Crippen LogP) is 10.3. The van der Waals surface area contributed by atoms with Crippen molar-refractivity contribution in [3.8, 4) is 72.1 Å². The summed E-state index contributed by atoms with van der Waals surface area (Å²) in [5.41, 5.74) is 9.52. The molecule has 0 radical (unpaired) electrons. The summed E-state index contributed by atoms with van der Waals surface area (Å²) in [6.45, 7) is 13.0. The number of hydrogen-bond donors (Lipinski definition) is 0. The topological polar surface area (TPSA) is 38.7 Å². The average Bonchev–Trinajstić information content (AvgIpc) is 3.12. The van der Waals surface area contributed by atoms with Gasteiger partial charge in [0.1, 0.15) is 0 Å². The summed E-state index contributed by atoms with van der Waals surface area (Å²) in [4.78, 5) is 12.9. The molecular formula is C47H32Br3N3. The van der Waals surface area contributed by atoms with Gasteiger partial charge in [0.25, 0.3) is 0 Å². The molecule has 0 saturated heterocycles. The Hall–Kier alpha value is -5.31. The van der Waals surface area contributed by atoms with Crippen LogP contribution in [-0.2, 0) is 10.8 Å². The molecule has 5 rings (SSSR count). The summed E-state index contributed by atoms with van der Waals surface area (Å²) in [7, 11) is 0. The molecule has 5 aromatic rings. The van der Waals surface area contributed by atoms with E-state index in [0.717, 1.165) is 57.9 Å². The second-order valence-corrected chi connectivity index (χ2v) is 16.4. The summed E-state index contributed by atoms with van der Waals surface area (Å²) in [5, 5.41) is 0. The van der Waals surface area contributed by atoms with Gasteiger partial charge in [-0.05, 0) is 106 Å². The maximum Gasteiger partial charge on any atom is 0.0587 e. The molecule has 0 atom stereocenters. The number of halogens is 3. The van der Waals surface area contributed by atoms with Gasteiger partial charge in [-0.2, -0.15) is 0 Å². The molecule has 256 valence electrons. The van der Waals surface area contributed by atoms with Crippen molar-refractivity contribution >= 4 is 47.8 Å². The Morgan fingerprint density at radius 1 is 0.396 bits per heavy atom. The van der Waals surface area contributed by atoms with E-state index in [1.807, 2.05) is 12.1 Å². The van der Waals surface area contributed by atoms with Crippen LogP contribution in [-0.4, -0.2) is 15.0 Å². The van der Waals surface area contributed by atoms with Crippen LogP contribution in [0.3, 0.4) is 0 Å². The normalized spacial score (nSPS) is 10.5. The van der Waals surface area contributed by atoms with Crippen molar-refractivity contribution in [3.05, 3.63) is 154 Å². The molecule has 0 N–H and O–H groups in total. The molecule has 0 amide bonds. The minimum absolute atomic E-state index is 0.117. The number of benzene rings is 2. The summed E-state index contributed by atoms with van der Waals surface area (Å²) in [6, 6.07) is 12.4. The average molecular weight is 879 g/mol. The Morgan fingerprint density at radius 3 is 0.887 bits per heavy atom. The Balaban J connectivity index is 1.49. The SMILES string of the molecule is C#Cc1cncc(C#Cc2cc(C#Cc3cncc(C#Cc4cc(C#Cc5cncc(C#C)c5Br)cc(C(C)(C)C)c4)c3Br)cc(C(C)(C)C)c2)c1Br. The molecule has 0 fully saturated rings. The number of hydrogen-bond acceptors (Lipinski definition) is 3. The van der Waals surface area contributed by atoms with E-state index in [4.69, 9.17) is 12.8 Å². The van der Waals surface area contributed by atoms with Gasteiger partial charge in [-0.3, -0.25) is 15.0 Å². The minimum atomic E-state index is -0.117. The molecular weight excluding hydrogens is 846 g/mol. The Morgan fingerprint density at radius 2 is 0.642 bits per heavy atom. The zero-order valence-corrected chi connectivity index (χ0v) is 34.8. The highest BCUT2D eigenvalue weighted by Crippen LogP contribution is 2.27. The van der Waals surface area contributed by atoms with Crippen LogP contribution in [0.1, 0.15) is 108 Å². The summed E-state index contributed by atoms with van der Waals surface area (Å²) >= 11 is 10.9. The summed E-state index contributed by atoms with van der Waals surface area (Å²) in [5.74, 6) is 31.5. The zero-order valence-electron chi connectivity index (χ0n) is 30.1. The highest BCUT2D eigenvalue weighted by molar-refractivity contribution is 9.11. The maximum atomic E-state index is 5.61. The molecule has 2 aromatic carbocycles. The third-order valence-corrected chi connectivity index (χ3v) is 10.5. The van der Waals surface area contributed by atoms with Crippen LogP contribution in [0.25, 0.3) is 0 Å². The highest BCUT2D eigenvalue weighted by atomic mass is 79.9. The molecule has 0 aliphatic heterocycles. The Bertz CT molecular complexity index is 2430. The molecule has 0 saturated carbocycles. The van der Waals surface area contributed by atoms with Gasteiger partial charge in [0.2, 0.25) is 0 Å². The molecule has 0 aliphatic rings. The molecule has 3 aromatic heterocycles. The van der Waals surface area contributed by atoms with Crippen molar-refractivity contribution < 1.29 is 0 Å². The highest BCUT2D eigenvalue weighted by Gasteiger charge is 2.16. The minimum Gasteiger partial charge on any atom is -0.262 e. The van der Waals surface area contributed by atoms with E-state index in [2.05, 4.69) is 188 Å². The van der Waals surface area contributed by atoms with Gasteiger partial charge in [-0.1, -0.05) is 101 Å². The number of aromatic nitrogens is 3. The lowest BCUT2D eigenvalue weighted by Gasteiger charge is -2.19. The Kier molecular flexibility index (Phi) is 12.2. The van der Waals surface area contributed by atoms with Crippen LogP contribution in [0, 0.1) is 72.1 Å². The van der Waals surface area contributed by atoms with E-state index >= 15 is 0 Å². The van der Waals surface area contributed by atoms with Crippen LogP contribution in [0.2, 0.25) is 0 Å². The first-order chi connectivity index (χ1) is 25.2. The lowest BCUT2D eigenvalue weighted by molar-refractivity contribution is 0.589. The second kappa shape index (κ2) is 16.6. The van der Waals surface area contributed by atoms with E-state index in [-0.39, 0.29) is 10.8 Å². The fourth-order valence-electron chi connectivity index (χ4n) is 4.85. The smallest absolute Gasteiger partial charge is 0.0587 e. The predicted molar refractivity (Wildman–Crippen MR) is 226 cm³/mol. The molecule has 3 nitrogen and oxygen atoms in total. The molecule has 6 heteroatoms. The van der Waals surface area contributed by atoms with Crippen molar-refractivity contribution in [2.75, 3.05) is 0 Å². The van der Waals surface area contributed by atoms with Crippen LogP contribution in [0.15, 0.2) is 87.0 Å². The van der Waals surface area contributed by atoms with Gasteiger partial charge >= 0.3 is 0 Å². The number of rotatable bonds is 0. The summed E-state index contributed by atoms with van der Waals surface area (Å²) in [6.07, 6.45) is 21.3. The van der Waals surface area contributed by atoms with Crippen molar-refractivity contribution in [3.63, 3.8) is 0 Å². The van der Waals surface area contributed by atoms with Crippen LogP contribution in [0.4, 0.5) is 0 Å². The van der Waals surface area contributed by atoms with Crippen molar-refractivity contribution in [2.45, 2.75) is 52.4 Å². The van der Waals surface area contributed by atoms with Gasteiger partial charge in [0, 0.05) is 59.4 Å². The third kappa shape index (κ3) is 9.97. The van der Waals surface area contributed by atoms with Gasteiger partial charge in [0.05, 0.1) is 46.8 Å². The quantitative estimate of drug-likeness (QED) is 0.146. The zero-order chi connectivity index (χ0) is 38.3. The number of terminal acetylenes is 2. The van der Waals surface area contributed by atoms with E-state index in [0.29, 0.717) is 22.3 Å². The molecule has 0 unspecified atom stereocenters. The lowest BCUT2D eigenvalue weighted by Crippen LogP contribution is -2.11. The number of nitrogens with zero attached hydrogens (tertiary/aromatic N) is 3. The first-order valence-corrected chi connectivity index (χ1v) is 18.8. The first kappa shape index (κ1) is 38.9. The molecule has 3 heterocycles. The monoisotopic (exact) mass is 875 g/mol. The van der Waals surface area contributed by atoms with Crippen LogP contribution in [0.5, 0.6) is 0 Å². The first-order valence-electron chi connectivity index (χ1n) is 16.4. The van der Waals surface area contributed by atoms with Gasteiger partial charge in [0.15, 0.2) is 0 Å². The van der Waals surface area contributed by atoms with Crippen molar-refractivity contribution in [2.24, 2.45) is 0 Å². The maximum absolute atomic E-state index is 5.61. The van der Waals surface area contributed by atoms with Gasteiger partial charge in [-0.25, -0.2) is 0 Å². The van der Waals surface area contributed by atoms with Crippen LogP contribution >= 0.6 is 47.8 Å². The molecule has 0 spiro atoms. The lowest BCUT2D eigenvalue weighted by atomic mass is 9.85. The standard InChI is InChI=1S/C47H32Br3N3/c1-9-35-25-51-27-37(43(35)48)15-11-31-19-33(23-41(21-31)46(3,4)5)13-17-39-29-53-30-40(45(39)50)18-14-34-20-32(22-42(24-34)47(6,7)8)12-16-38-28-52-26-36(10-2)44(38)49/h1-2,19-30H,3-8H3. The van der Waals surface area contributed by atoms with E-state index in [9.17, 15) is 0 Å². The summed E-state index contributed by atoms with van der Waals surface area (Å²) < 4.78 is 2.27. The largest absolute Gasteiger partial charge is 0.262 e. The van der Waals surface area contributed by atoms with E-state index in [1.165, 1.54) is 0 Å². The fourth-order valence-corrected chi connectivity index (χ4v) is 6.09. The third-order valence-electron chi connectivity index (χ3n) is 7.92. The number of pyridine rings is 3. The van der Waals surface area contributed by atoms with E-state index in [1.54, 1.807) is 37.2 Å². The van der Waals surface area contributed by atoms with Gasteiger partial charge in [-0.15, -0.1) is 12.8 Å². The van der Waals surface area contributed by atoms with E-state index < -0.39 is 0 Å². The van der Waals surface area contributed by atoms with Gasteiger partial charge < -0.3 is 0 Å². The van der Waals surface area contributed by atoms with Crippen molar-refractivity contribution in [1.82, 2.24) is 15.0 Å². The van der Waals surface area contributed by atoms with Crippen molar-refractivity contribution in [1.29, 1.82) is 0 Å². The Labute approximate surface area is 338 Å². The fraction of sp³-hybridized carbons (Fsp3) is 0.170. The van der Waals surface area contributed by atoms with Crippen LogP contribution < -0.4 is 0 Å². The molecule has 0 bridgehead atoms. The second-order valence-electron chi connectivity index (χ2n) is 14.0. The molecule has 53 heavy (non-hydrogen) atoms. The molecule has 0 aliphatic carbocycles.